The van der Waals surface area contributed by atoms with E-state index in [-0.39, 0.29) is 37.5 Å². The van der Waals surface area contributed by atoms with Gasteiger partial charge in [0.25, 0.3) is 0 Å². The molecule has 4 aromatic rings. The van der Waals surface area contributed by atoms with Gasteiger partial charge in [-0.25, -0.2) is 4.79 Å². The zero-order valence-corrected chi connectivity index (χ0v) is 28.9. The Kier molecular flexibility index (Phi) is 11.8. The third-order valence-electron chi connectivity index (χ3n) is 7.56. The molecule has 2 heterocycles. The Balaban J connectivity index is 1.44. The number of hydrogen-bond donors (Lipinski definition) is 3. The van der Waals surface area contributed by atoms with Crippen molar-refractivity contribution in [3.63, 3.8) is 0 Å². The van der Waals surface area contributed by atoms with Crippen LogP contribution < -0.4 is 34.8 Å². The summed E-state index contributed by atoms with van der Waals surface area (Å²) in [5.74, 6) is 0.814. The number of carbonyl (C=O) groups excluding carboxylic acids is 1. The van der Waals surface area contributed by atoms with E-state index in [9.17, 15) is 14.7 Å². The van der Waals surface area contributed by atoms with Crippen molar-refractivity contribution in [3.05, 3.63) is 82.3 Å². The highest BCUT2D eigenvalue weighted by atomic mass is 35.5. The first kappa shape index (κ1) is 35.3. The minimum Gasteiger partial charge on any atom is -0.495 e. The van der Waals surface area contributed by atoms with Gasteiger partial charge in [-0.15, -0.1) is 0 Å². The normalized spacial score (nSPS) is 12.9. The highest BCUT2D eigenvalue weighted by Crippen LogP contribution is 2.31. The first-order valence-corrected chi connectivity index (χ1v) is 16.5. The molecule has 0 saturated carbocycles. The molecule has 49 heavy (non-hydrogen) atoms. The highest BCUT2D eigenvalue weighted by Gasteiger charge is 2.25. The molecule has 3 N–H and O–H groups in total. The van der Waals surface area contributed by atoms with Crippen molar-refractivity contribution >= 4 is 64.4 Å². The van der Waals surface area contributed by atoms with E-state index in [0.29, 0.717) is 53.6 Å². The summed E-state index contributed by atoms with van der Waals surface area (Å²) >= 11 is 12.4. The van der Waals surface area contributed by atoms with Gasteiger partial charge in [0.15, 0.2) is 0 Å². The second-order valence-electron chi connectivity index (χ2n) is 11.5. The number of para-hydroxylation sites is 4. The molecule has 15 heteroatoms. The quantitative estimate of drug-likeness (QED) is 0.141. The maximum atomic E-state index is 13.2. The number of rotatable bonds is 13. The summed E-state index contributed by atoms with van der Waals surface area (Å²) < 4.78 is 11.4. The van der Waals surface area contributed by atoms with Crippen LogP contribution in [0.25, 0.3) is 0 Å². The molecular weight excluding hydrogens is 671 g/mol. The molecular formula is C34H38Cl2N8O5. The lowest BCUT2D eigenvalue weighted by Gasteiger charge is -2.37. The van der Waals surface area contributed by atoms with Gasteiger partial charge in [0.05, 0.1) is 41.1 Å². The standard InChI is InChI=1S/C34H38Cl2N8O5/c1-22(2)49-29-11-7-5-9-27(29)42-16-18-43(19-17-42)32-38-31(40-34(47)37-26-8-4-6-10-28(26)48-3)39-33(41-32)44(15-14-30(45)46)21-23-12-13-24(35)25(36)20-23/h4-13,20,22H,14-19,21H2,1-3H3,(H,45,46)(H2,37,38,39,40,41,47). The van der Waals surface area contributed by atoms with Crippen molar-refractivity contribution < 1.29 is 24.2 Å². The molecule has 1 aromatic heterocycles. The van der Waals surface area contributed by atoms with Crippen molar-refractivity contribution in [3.8, 4) is 11.5 Å². The first-order valence-electron chi connectivity index (χ1n) is 15.7. The molecule has 1 aliphatic heterocycles. The molecule has 0 radical (unpaired) electrons. The third-order valence-corrected chi connectivity index (χ3v) is 8.30. The lowest BCUT2D eigenvalue weighted by Crippen LogP contribution is -2.47. The highest BCUT2D eigenvalue weighted by molar-refractivity contribution is 6.42. The Labute approximate surface area is 294 Å². The van der Waals surface area contributed by atoms with Crippen LogP contribution in [0.4, 0.5) is 34.0 Å². The summed E-state index contributed by atoms with van der Waals surface area (Å²) in [6.07, 6.45) is -0.152. The van der Waals surface area contributed by atoms with Crippen LogP contribution in [0.2, 0.25) is 10.0 Å². The van der Waals surface area contributed by atoms with Gasteiger partial charge in [-0.2, -0.15) is 15.0 Å². The molecule has 2 amide bonds. The predicted octanol–water partition coefficient (Wildman–Crippen LogP) is 6.43. The van der Waals surface area contributed by atoms with Crippen LogP contribution in [-0.2, 0) is 11.3 Å². The molecule has 0 bridgehead atoms. The Morgan fingerprint density at radius 2 is 1.59 bits per heavy atom. The number of carbonyl (C=O) groups is 2. The van der Waals surface area contributed by atoms with Gasteiger partial charge >= 0.3 is 12.0 Å². The van der Waals surface area contributed by atoms with E-state index in [1.54, 1.807) is 47.4 Å². The number of nitrogens with one attached hydrogen (secondary N) is 2. The number of piperazine rings is 1. The maximum Gasteiger partial charge on any atom is 0.326 e. The van der Waals surface area contributed by atoms with Crippen molar-refractivity contribution in [2.45, 2.75) is 32.9 Å². The Hall–Kier alpha value is -5.01. The first-order chi connectivity index (χ1) is 23.6. The number of nitrogens with zero attached hydrogens (tertiary/aromatic N) is 6. The van der Waals surface area contributed by atoms with Crippen LogP contribution in [0, 0.1) is 0 Å². The lowest BCUT2D eigenvalue weighted by atomic mass is 10.2. The number of urea groups is 1. The molecule has 1 fully saturated rings. The smallest absolute Gasteiger partial charge is 0.326 e. The van der Waals surface area contributed by atoms with Crippen LogP contribution >= 0.6 is 23.2 Å². The average molecular weight is 710 g/mol. The number of ether oxygens (including phenoxy) is 2. The monoisotopic (exact) mass is 708 g/mol. The Morgan fingerprint density at radius 1 is 0.898 bits per heavy atom. The van der Waals surface area contributed by atoms with Crippen molar-refractivity contribution in [1.82, 2.24) is 15.0 Å². The zero-order chi connectivity index (χ0) is 34.9. The van der Waals surface area contributed by atoms with Gasteiger partial charge in [-0.1, -0.05) is 53.5 Å². The van der Waals surface area contributed by atoms with E-state index >= 15 is 0 Å². The molecule has 3 aromatic carbocycles. The van der Waals surface area contributed by atoms with Gasteiger partial charge in [0.1, 0.15) is 11.5 Å². The van der Waals surface area contributed by atoms with E-state index in [0.717, 1.165) is 17.0 Å². The summed E-state index contributed by atoms with van der Waals surface area (Å²) in [6.45, 7) is 6.73. The number of hydrogen-bond acceptors (Lipinski definition) is 10. The van der Waals surface area contributed by atoms with E-state index in [4.69, 9.17) is 37.7 Å². The number of benzene rings is 3. The number of aliphatic carboxylic acids is 1. The summed E-state index contributed by atoms with van der Waals surface area (Å²) in [5.41, 5.74) is 2.22. The van der Waals surface area contributed by atoms with Gasteiger partial charge in [-0.05, 0) is 55.8 Å². The molecule has 0 spiro atoms. The fraction of sp³-hybridized carbons (Fsp3) is 0.324. The van der Waals surface area contributed by atoms with Crippen LogP contribution in [0.3, 0.4) is 0 Å². The van der Waals surface area contributed by atoms with Gasteiger partial charge in [0.2, 0.25) is 17.8 Å². The van der Waals surface area contributed by atoms with Gasteiger partial charge < -0.3 is 34.6 Å². The minimum atomic E-state index is -0.985. The van der Waals surface area contributed by atoms with Crippen LogP contribution in [0.1, 0.15) is 25.8 Å². The number of halogens is 2. The largest absolute Gasteiger partial charge is 0.495 e. The van der Waals surface area contributed by atoms with E-state index in [1.165, 1.54) is 7.11 Å². The Bertz CT molecular complexity index is 1770. The maximum absolute atomic E-state index is 13.2. The summed E-state index contributed by atoms with van der Waals surface area (Å²) in [7, 11) is 1.51. The van der Waals surface area contributed by atoms with Gasteiger partial charge in [0, 0.05) is 39.3 Å². The fourth-order valence-corrected chi connectivity index (χ4v) is 5.57. The van der Waals surface area contributed by atoms with Crippen LogP contribution in [0.5, 0.6) is 11.5 Å². The second kappa shape index (κ2) is 16.4. The van der Waals surface area contributed by atoms with Crippen LogP contribution in [0.15, 0.2) is 66.7 Å². The summed E-state index contributed by atoms with van der Waals surface area (Å²) in [6, 6.07) is 19.5. The predicted molar refractivity (Wildman–Crippen MR) is 192 cm³/mol. The van der Waals surface area contributed by atoms with Crippen molar-refractivity contribution in [2.24, 2.45) is 0 Å². The number of carboxylic acids is 1. The third kappa shape index (κ3) is 9.55. The fourth-order valence-electron chi connectivity index (χ4n) is 5.25. The molecule has 258 valence electrons. The van der Waals surface area contributed by atoms with Crippen molar-refractivity contribution in [2.75, 3.05) is 65.2 Å². The molecule has 13 nitrogen and oxygen atoms in total. The molecule has 1 aliphatic rings. The SMILES string of the molecule is COc1ccccc1NC(=O)Nc1nc(N2CCN(c3ccccc3OC(C)C)CC2)nc(N(CCC(=O)O)Cc2ccc(Cl)c(Cl)c2)n1. The number of carboxylic acid groups (broad SMARTS) is 1. The van der Waals surface area contributed by atoms with E-state index < -0.39 is 12.0 Å². The number of amides is 2. The van der Waals surface area contributed by atoms with Gasteiger partial charge in [-0.3, -0.25) is 10.1 Å². The summed E-state index contributed by atoms with van der Waals surface area (Å²) in [4.78, 5) is 44.8. The topological polar surface area (TPSA) is 145 Å². The number of anilines is 5. The molecule has 0 unspecified atom stereocenters. The van der Waals surface area contributed by atoms with Crippen LogP contribution in [-0.4, -0.2) is 78.0 Å². The Morgan fingerprint density at radius 3 is 2.29 bits per heavy atom. The van der Waals surface area contributed by atoms with E-state index in [2.05, 4.69) is 25.5 Å². The molecule has 5 rings (SSSR count). The lowest BCUT2D eigenvalue weighted by molar-refractivity contribution is -0.136. The molecule has 0 aliphatic carbocycles. The number of methoxy groups -OCH3 is 1. The average Bonchev–Trinajstić information content (AvgIpc) is 3.08. The zero-order valence-electron chi connectivity index (χ0n) is 27.4. The molecule has 0 atom stereocenters. The molecule has 1 saturated heterocycles. The van der Waals surface area contributed by atoms with E-state index in [1.807, 2.05) is 43.0 Å². The summed E-state index contributed by atoms with van der Waals surface area (Å²) in [5, 5.41) is 15.8. The second-order valence-corrected chi connectivity index (χ2v) is 12.3. The minimum absolute atomic E-state index is 0.0139. The van der Waals surface area contributed by atoms with Crippen molar-refractivity contribution in [1.29, 1.82) is 0 Å². The number of aromatic nitrogens is 3.